The van der Waals surface area contributed by atoms with Crippen molar-refractivity contribution < 1.29 is 14.6 Å². The second kappa shape index (κ2) is 12.5. The molecule has 2 N–H and O–H groups in total. The first-order valence-electron chi connectivity index (χ1n) is 11.4. The first kappa shape index (κ1) is 24.1. The van der Waals surface area contributed by atoms with Crippen molar-refractivity contribution in [2.45, 2.75) is 52.3 Å². The molecule has 0 bridgehead atoms. The van der Waals surface area contributed by atoms with Gasteiger partial charge in [0.25, 0.3) is 0 Å². The molecule has 33 heavy (non-hydrogen) atoms. The number of unbranched alkanes of at least 4 members (excludes halogenated alkanes) is 1. The van der Waals surface area contributed by atoms with Gasteiger partial charge in [-0.3, -0.25) is 0 Å². The number of hydrogen-bond acceptors (Lipinski definition) is 3. The Hall–Kier alpha value is -3.55. The minimum Gasteiger partial charge on any atom is -0.479 e. The summed E-state index contributed by atoms with van der Waals surface area (Å²) in [5.74, 6) is 6.06. The van der Waals surface area contributed by atoms with Gasteiger partial charge in [0.15, 0.2) is 6.10 Å². The number of ether oxygens (including phenoxy) is 1. The number of nitrogens with one attached hydrogen (secondary N) is 1. The fraction of sp³-hybridized carbons (Fsp3) is 0.276. The summed E-state index contributed by atoms with van der Waals surface area (Å²) >= 11 is 0. The van der Waals surface area contributed by atoms with E-state index in [-0.39, 0.29) is 0 Å². The van der Waals surface area contributed by atoms with Gasteiger partial charge in [-0.05, 0) is 72.9 Å². The zero-order valence-corrected chi connectivity index (χ0v) is 19.3. The molecule has 0 aliphatic rings. The molecule has 0 saturated heterocycles. The first-order chi connectivity index (χ1) is 16.0. The van der Waals surface area contributed by atoms with Gasteiger partial charge in [-0.1, -0.05) is 61.6 Å². The van der Waals surface area contributed by atoms with Crippen LogP contribution in [0.4, 0.5) is 0 Å². The van der Waals surface area contributed by atoms with Crippen LogP contribution in [0.2, 0.25) is 0 Å². The molecule has 0 saturated carbocycles. The molecular weight excluding hydrogens is 410 g/mol. The van der Waals surface area contributed by atoms with Crippen LogP contribution in [-0.4, -0.2) is 17.2 Å². The molecule has 1 atom stereocenters. The summed E-state index contributed by atoms with van der Waals surface area (Å²) in [5, 5.41) is 12.3. The van der Waals surface area contributed by atoms with Crippen LogP contribution in [0.15, 0.2) is 72.8 Å². The molecule has 1 unspecified atom stereocenters. The van der Waals surface area contributed by atoms with E-state index in [2.05, 4.69) is 72.6 Å². The molecule has 0 aliphatic heterocycles. The van der Waals surface area contributed by atoms with Crippen LogP contribution in [0.1, 0.15) is 54.5 Å². The lowest BCUT2D eigenvalue weighted by Crippen LogP contribution is -2.22. The molecule has 3 aromatic carbocycles. The third-order valence-corrected chi connectivity index (χ3v) is 5.32. The number of carboxylic acid groups (broad SMARTS) is 1. The number of hydrogen-bond donors (Lipinski definition) is 2. The van der Waals surface area contributed by atoms with Crippen LogP contribution in [0.25, 0.3) is 0 Å². The highest BCUT2D eigenvalue weighted by Crippen LogP contribution is 2.14. The minimum absolute atomic E-state index is 0.554. The molecule has 0 radical (unpaired) electrons. The molecule has 4 nitrogen and oxygen atoms in total. The van der Waals surface area contributed by atoms with Crippen molar-refractivity contribution in [1.29, 1.82) is 0 Å². The fourth-order valence-corrected chi connectivity index (χ4v) is 3.28. The molecule has 3 rings (SSSR count). The molecule has 170 valence electrons. The molecule has 0 aliphatic carbocycles. The minimum atomic E-state index is -0.978. The van der Waals surface area contributed by atoms with E-state index in [1.807, 2.05) is 12.1 Å². The fourth-order valence-electron chi connectivity index (χ4n) is 3.28. The van der Waals surface area contributed by atoms with Gasteiger partial charge in [-0.15, -0.1) is 0 Å². The van der Waals surface area contributed by atoms with Gasteiger partial charge in [-0.25, -0.2) is 4.79 Å². The van der Waals surface area contributed by atoms with Crippen molar-refractivity contribution in [3.05, 3.63) is 101 Å². The number of rotatable bonds is 10. The first-order valence-corrected chi connectivity index (χ1v) is 11.4. The van der Waals surface area contributed by atoms with Crippen LogP contribution in [0.3, 0.4) is 0 Å². The highest BCUT2D eigenvalue weighted by molar-refractivity contribution is 5.72. The summed E-state index contributed by atoms with van der Waals surface area (Å²) in [4.78, 5) is 10.9. The van der Waals surface area contributed by atoms with Crippen molar-refractivity contribution >= 4 is 5.97 Å². The van der Waals surface area contributed by atoms with Crippen LogP contribution in [0, 0.1) is 11.8 Å². The quantitative estimate of drug-likeness (QED) is 0.404. The van der Waals surface area contributed by atoms with E-state index in [4.69, 9.17) is 9.84 Å². The maximum Gasteiger partial charge on any atom is 0.344 e. The average Bonchev–Trinajstić information content (AvgIpc) is 2.84. The van der Waals surface area contributed by atoms with Gasteiger partial charge in [0, 0.05) is 24.2 Å². The molecule has 3 aromatic rings. The Balaban J connectivity index is 1.45. The van der Waals surface area contributed by atoms with E-state index in [9.17, 15) is 4.79 Å². The lowest BCUT2D eigenvalue weighted by molar-refractivity contribution is -0.144. The zero-order valence-electron chi connectivity index (χ0n) is 19.3. The molecule has 0 amide bonds. The number of aliphatic carboxylic acids is 1. The van der Waals surface area contributed by atoms with E-state index < -0.39 is 12.1 Å². The average molecular weight is 442 g/mol. The van der Waals surface area contributed by atoms with Gasteiger partial charge < -0.3 is 15.2 Å². The predicted molar refractivity (Wildman–Crippen MR) is 132 cm³/mol. The van der Waals surface area contributed by atoms with E-state index in [1.54, 1.807) is 12.1 Å². The topological polar surface area (TPSA) is 58.6 Å². The number of benzene rings is 3. The Bertz CT molecular complexity index is 1070. The summed E-state index contributed by atoms with van der Waals surface area (Å²) in [6.07, 6.45) is 2.70. The Kier molecular flexibility index (Phi) is 9.11. The van der Waals surface area contributed by atoms with Crippen LogP contribution >= 0.6 is 0 Å². The van der Waals surface area contributed by atoms with E-state index in [0.29, 0.717) is 12.3 Å². The SMILES string of the molecule is CCCCc1ccc(C#Cc2ccc(CNCc3ccc(OC(C)C(=O)O)cc3)cc2)cc1. The van der Waals surface area contributed by atoms with E-state index >= 15 is 0 Å². The largest absolute Gasteiger partial charge is 0.479 e. The summed E-state index contributed by atoms with van der Waals surface area (Å²) in [6.45, 7) is 5.19. The van der Waals surface area contributed by atoms with Crippen LogP contribution < -0.4 is 10.1 Å². The van der Waals surface area contributed by atoms with Crippen LogP contribution in [-0.2, 0) is 24.3 Å². The van der Waals surface area contributed by atoms with Crippen molar-refractivity contribution in [2.24, 2.45) is 0 Å². The smallest absolute Gasteiger partial charge is 0.344 e. The molecule has 0 spiro atoms. The summed E-state index contributed by atoms with van der Waals surface area (Å²) in [7, 11) is 0. The number of carboxylic acids is 1. The third kappa shape index (κ3) is 8.14. The number of aryl methyl sites for hydroxylation is 1. The highest BCUT2D eigenvalue weighted by Gasteiger charge is 2.11. The Morgan fingerprint density at radius 3 is 1.82 bits per heavy atom. The zero-order chi connectivity index (χ0) is 23.5. The predicted octanol–water partition coefficient (Wildman–Crippen LogP) is 5.57. The molecule has 0 heterocycles. The van der Waals surface area contributed by atoms with E-state index in [1.165, 1.54) is 30.9 Å². The van der Waals surface area contributed by atoms with Gasteiger partial charge in [-0.2, -0.15) is 0 Å². The Morgan fingerprint density at radius 2 is 1.33 bits per heavy atom. The normalized spacial score (nSPS) is 11.3. The highest BCUT2D eigenvalue weighted by atomic mass is 16.5. The van der Waals surface area contributed by atoms with Crippen LogP contribution in [0.5, 0.6) is 5.75 Å². The molecule has 4 heteroatoms. The van der Waals surface area contributed by atoms with Crippen molar-refractivity contribution in [2.75, 3.05) is 0 Å². The molecular formula is C29H31NO3. The standard InChI is InChI=1S/C29H31NO3/c1-3-4-5-23-6-8-24(9-7-23)10-11-25-12-14-26(15-13-25)20-30-21-27-16-18-28(19-17-27)33-22(2)29(31)32/h6-9,12-19,22,30H,3-5,20-21H2,1-2H3,(H,31,32). The van der Waals surface area contributed by atoms with E-state index in [0.717, 1.165) is 29.7 Å². The van der Waals surface area contributed by atoms with Gasteiger partial charge >= 0.3 is 5.97 Å². The second-order valence-corrected chi connectivity index (χ2v) is 8.09. The third-order valence-electron chi connectivity index (χ3n) is 5.32. The Labute approximate surface area is 196 Å². The van der Waals surface area contributed by atoms with Crippen molar-refractivity contribution in [3.63, 3.8) is 0 Å². The van der Waals surface area contributed by atoms with Crippen molar-refractivity contribution in [1.82, 2.24) is 5.32 Å². The maximum absolute atomic E-state index is 10.9. The lowest BCUT2D eigenvalue weighted by Gasteiger charge is -2.11. The summed E-state index contributed by atoms with van der Waals surface area (Å²) in [5.41, 5.74) is 5.70. The summed E-state index contributed by atoms with van der Waals surface area (Å²) in [6, 6.07) is 24.3. The summed E-state index contributed by atoms with van der Waals surface area (Å²) < 4.78 is 5.35. The second-order valence-electron chi connectivity index (χ2n) is 8.09. The van der Waals surface area contributed by atoms with Gasteiger partial charge in [0.2, 0.25) is 0 Å². The molecule has 0 fully saturated rings. The van der Waals surface area contributed by atoms with Gasteiger partial charge in [0.1, 0.15) is 5.75 Å². The number of carbonyl (C=O) groups is 1. The Morgan fingerprint density at radius 1 is 0.848 bits per heavy atom. The van der Waals surface area contributed by atoms with Gasteiger partial charge in [0.05, 0.1) is 0 Å². The molecule has 0 aromatic heterocycles. The monoisotopic (exact) mass is 441 g/mol. The lowest BCUT2D eigenvalue weighted by atomic mass is 10.1. The maximum atomic E-state index is 10.9. The van der Waals surface area contributed by atoms with Crippen molar-refractivity contribution in [3.8, 4) is 17.6 Å².